The van der Waals surface area contributed by atoms with E-state index in [4.69, 9.17) is 5.73 Å². The van der Waals surface area contributed by atoms with E-state index in [-0.39, 0.29) is 0 Å². The fraction of sp³-hybridized carbons (Fsp3) is 0.667. The molecule has 0 amide bonds. The number of thiazole rings is 1. The van der Waals surface area contributed by atoms with Crippen LogP contribution < -0.4 is 10.6 Å². The molecule has 1 aromatic rings. The molecule has 0 bridgehead atoms. The van der Waals surface area contributed by atoms with Crippen LogP contribution in [0.15, 0.2) is 11.6 Å². The molecule has 2 rings (SSSR count). The number of rotatable bonds is 3. The molecular weight excluding hydrogens is 182 g/mol. The quantitative estimate of drug-likeness (QED) is 0.797. The first-order valence-corrected chi connectivity index (χ1v) is 5.66. The van der Waals surface area contributed by atoms with Crippen LogP contribution in [0.1, 0.15) is 19.3 Å². The Bertz CT molecular complexity index is 247. The van der Waals surface area contributed by atoms with Crippen molar-refractivity contribution in [2.45, 2.75) is 25.3 Å². The first-order chi connectivity index (χ1) is 6.42. The molecule has 1 aromatic heterocycles. The first kappa shape index (κ1) is 8.97. The summed E-state index contributed by atoms with van der Waals surface area (Å²) in [5.41, 5.74) is 5.58. The molecule has 0 aliphatic carbocycles. The van der Waals surface area contributed by atoms with Crippen molar-refractivity contribution in [1.29, 1.82) is 0 Å². The van der Waals surface area contributed by atoms with Gasteiger partial charge in [-0.3, -0.25) is 0 Å². The average molecular weight is 197 g/mol. The van der Waals surface area contributed by atoms with E-state index in [0.29, 0.717) is 6.04 Å². The van der Waals surface area contributed by atoms with Gasteiger partial charge in [0.15, 0.2) is 5.13 Å². The van der Waals surface area contributed by atoms with Crippen molar-refractivity contribution >= 4 is 16.5 Å². The van der Waals surface area contributed by atoms with Crippen molar-refractivity contribution in [1.82, 2.24) is 4.98 Å². The Kier molecular flexibility index (Phi) is 2.80. The van der Waals surface area contributed by atoms with Crippen LogP contribution in [0.3, 0.4) is 0 Å². The molecule has 1 aliphatic heterocycles. The van der Waals surface area contributed by atoms with Crippen LogP contribution in [0.2, 0.25) is 0 Å². The Hall–Kier alpha value is -0.610. The van der Waals surface area contributed by atoms with Crippen LogP contribution in [0.5, 0.6) is 0 Å². The van der Waals surface area contributed by atoms with E-state index in [1.165, 1.54) is 12.8 Å². The van der Waals surface area contributed by atoms with Gasteiger partial charge in [0.25, 0.3) is 0 Å². The van der Waals surface area contributed by atoms with Crippen molar-refractivity contribution in [2.75, 3.05) is 18.0 Å². The normalized spacial score (nSPS) is 22.5. The van der Waals surface area contributed by atoms with E-state index in [2.05, 4.69) is 9.88 Å². The predicted molar refractivity (Wildman–Crippen MR) is 56.2 cm³/mol. The molecule has 1 saturated heterocycles. The van der Waals surface area contributed by atoms with Gasteiger partial charge in [-0.2, -0.15) is 0 Å². The number of nitrogens with two attached hydrogens (primary N) is 1. The second kappa shape index (κ2) is 4.07. The highest BCUT2D eigenvalue weighted by Gasteiger charge is 2.25. The highest BCUT2D eigenvalue weighted by atomic mass is 32.1. The molecular formula is C9H15N3S. The summed E-state index contributed by atoms with van der Waals surface area (Å²) in [6.07, 6.45) is 5.53. The number of hydrogen-bond donors (Lipinski definition) is 1. The lowest BCUT2D eigenvalue weighted by Crippen LogP contribution is -2.30. The number of nitrogens with zero attached hydrogens (tertiary/aromatic N) is 2. The maximum Gasteiger partial charge on any atom is 0.185 e. The highest BCUT2D eigenvalue weighted by Crippen LogP contribution is 2.28. The maximum absolute atomic E-state index is 5.58. The Morgan fingerprint density at radius 3 is 3.31 bits per heavy atom. The average Bonchev–Trinajstić information content (AvgIpc) is 2.71. The molecule has 1 atom stereocenters. The second-order valence-electron chi connectivity index (χ2n) is 3.38. The van der Waals surface area contributed by atoms with Gasteiger partial charge in [-0.1, -0.05) is 0 Å². The van der Waals surface area contributed by atoms with Gasteiger partial charge in [-0.05, 0) is 25.8 Å². The summed E-state index contributed by atoms with van der Waals surface area (Å²) in [6, 6.07) is 0.635. The van der Waals surface area contributed by atoms with E-state index in [1.807, 2.05) is 11.6 Å². The molecule has 0 spiro atoms. The van der Waals surface area contributed by atoms with Crippen LogP contribution in [-0.2, 0) is 0 Å². The van der Waals surface area contributed by atoms with E-state index in [0.717, 1.165) is 24.6 Å². The molecule has 3 nitrogen and oxygen atoms in total. The molecule has 2 N–H and O–H groups in total. The largest absolute Gasteiger partial charge is 0.345 e. The van der Waals surface area contributed by atoms with E-state index >= 15 is 0 Å². The topological polar surface area (TPSA) is 42.1 Å². The highest BCUT2D eigenvalue weighted by molar-refractivity contribution is 7.13. The lowest BCUT2D eigenvalue weighted by Gasteiger charge is -2.23. The van der Waals surface area contributed by atoms with Crippen molar-refractivity contribution in [3.63, 3.8) is 0 Å². The van der Waals surface area contributed by atoms with Crippen LogP contribution >= 0.6 is 11.3 Å². The summed E-state index contributed by atoms with van der Waals surface area (Å²) >= 11 is 1.72. The minimum Gasteiger partial charge on any atom is -0.345 e. The monoisotopic (exact) mass is 197 g/mol. The van der Waals surface area contributed by atoms with Crippen LogP contribution in [0.25, 0.3) is 0 Å². The van der Waals surface area contributed by atoms with Gasteiger partial charge in [-0.15, -0.1) is 11.3 Å². The van der Waals surface area contributed by atoms with Crippen molar-refractivity contribution in [2.24, 2.45) is 5.73 Å². The maximum atomic E-state index is 5.58. The number of anilines is 1. The summed E-state index contributed by atoms with van der Waals surface area (Å²) in [4.78, 5) is 6.73. The lowest BCUT2D eigenvalue weighted by molar-refractivity contribution is 0.617. The molecule has 1 aliphatic rings. The summed E-state index contributed by atoms with van der Waals surface area (Å²) in [5, 5.41) is 3.20. The Morgan fingerprint density at radius 2 is 2.62 bits per heavy atom. The zero-order valence-electron chi connectivity index (χ0n) is 7.65. The molecule has 0 radical (unpaired) electrons. The molecule has 0 saturated carbocycles. The van der Waals surface area contributed by atoms with E-state index in [9.17, 15) is 0 Å². The Morgan fingerprint density at radius 1 is 1.69 bits per heavy atom. The van der Waals surface area contributed by atoms with Crippen molar-refractivity contribution in [3.8, 4) is 0 Å². The van der Waals surface area contributed by atoms with E-state index in [1.54, 1.807) is 11.3 Å². The number of aromatic nitrogens is 1. The van der Waals surface area contributed by atoms with Gasteiger partial charge in [0, 0.05) is 24.2 Å². The van der Waals surface area contributed by atoms with Gasteiger partial charge in [0.1, 0.15) is 0 Å². The zero-order valence-corrected chi connectivity index (χ0v) is 8.46. The van der Waals surface area contributed by atoms with Crippen LogP contribution in [-0.4, -0.2) is 24.1 Å². The standard InChI is InChI=1S/C9H15N3S/c10-4-3-8-2-1-6-12(8)9-11-5-7-13-9/h5,7-8H,1-4,6,10H2. The Labute approximate surface area is 82.6 Å². The van der Waals surface area contributed by atoms with Crippen molar-refractivity contribution < 1.29 is 0 Å². The molecule has 72 valence electrons. The summed E-state index contributed by atoms with van der Waals surface area (Å²) in [7, 11) is 0. The van der Waals surface area contributed by atoms with E-state index < -0.39 is 0 Å². The van der Waals surface area contributed by atoms with Crippen LogP contribution in [0, 0.1) is 0 Å². The van der Waals surface area contributed by atoms with Gasteiger partial charge >= 0.3 is 0 Å². The first-order valence-electron chi connectivity index (χ1n) is 4.78. The Balaban J connectivity index is 2.05. The van der Waals surface area contributed by atoms with Gasteiger partial charge < -0.3 is 10.6 Å². The summed E-state index contributed by atoms with van der Waals surface area (Å²) < 4.78 is 0. The lowest BCUT2D eigenvalue weighted by atomic mass is 10.1. The third-order valence-electron chi connectivity index (χ3n) is 2.54. The minimum absolute atomic E-state index is 0.635. The fourth-order valence-corrected chi connectivity index (χ4v) is 2.68. The summed E-state index contributed by atoms with van der Waals surface area (Å²) in [5.74, 6) is 0. The third kappa shape index (κ3) is 1.84. The van der Waals surface area contributed by atoms with Crippen molar-refractivity contribution in [3.05, 3.63) is 11.6 Å². The van der Waals surface area contributed by atoms with Gasteiger partial charge in [0.2, 0.25) is 0 Å². The van der Waals surface area contributed by atoms with Crippen LogP contribution in [0.4, 0.5) is 5.13 Å². The molecule has 0 aromatic carbocycles. The number of hydrogen-bond acceptors (Lipinski definition) is 4. The zero-order chi connectivity index (χ0) is 9.10. The third-order valence-corrected chi connectivity index (χ3v) is 3.35. The fourth-order valence-electron chi connectivity index (χ4n) is 1.94. The van der Waals surface area contributed by atoms with Gasteiger partial charge in [-0.25, -0.2) is 4.98 Å². The minimum atomic E-state index is 0.635. The second-order valence-corrected chi connectivity index (χ2v) is 4.25. The smallest absolute Gasteiger partial charge is 0.185 e. The molecule has 1 fully saturated rings. The van der Waals surface area contributed by atoms with Gasteiger partial charge in [0.05, 0.1) is 0 Å². The molecule has 4 heteroatoms. The predicted octanol–water partition coefficient (Wildman–Crippen LogP) is 1.46. The molecule has 1 unspecified atom stereocenters. The molecule has 13 heavy (non-hydrogen) atoms. The molecule has 2 heterocycles. The summed E-state index contributed by atoms with van der Waals surface area (Å²) in [6.45, 7) is 1.94. The SMILES string of the molecule is NCCC1CCCN1c1nccs1.